The number of ether oxygens (including phenoxy) is 2. The van der Waals surface area contributed by atoms with E-state index < -0.39 is 17.7 Å². The molecule has 1 amide bonds. The summed E-state index contributed by atoms with van der Waals surface area (Å²) in [4.78, 5) is 28.6. The highest BCUT2D eigenvalue weighted by molar-refractivity contribution is 8.00. The van der Waals surface area contributed by atoms with E-state index >= 15 is 0 Å². The number of ketones is 1. The Balaban J connectivity index is 1.31. The maximum atomic E-state index is 13.7. The van der Waals surface area contributed by atoms with Gasteiger partial charge in [-0.3, -0.25) is 14.5 Å². The Bertz CT molecular complexity index is 1990. The van der Waals surface area contributed by atoms with Crippen molar-refractivity contribution in [1.82, 2.24) is 10.2 Å². The van der Waals surface area contributed by atoms with E-state index in [9.17, 15) is 14.7 Å². The van der Waals surface area contributed by atoms with Crippen molar-refractivity contribution < 1.29 is 24.2 Å². The average molecular weight is 696 g/mol. The summed E-state index contributed by atoms with van der Waals surface area (Å²) in [5.41, 5.74) is 4.01. The zero-order valence-corrected chi connectivity index (χ0v) is 28.2. The van der Waals surface area contributed by atoms with Gasteiger partial charge in [-0.25, -0.2) is 0 Å². The standard InChI is InChI=1S/C37H30ClN3O5S2/c1-3-20-45-28-16-12-24(13-17-28)32-31(33(42)25-14-18-29(19-15-25)46-21-26-9-5-4-8-23(26)2)34(43)35(44)41(32)36-39-40-37(48-36)47-22-27-10-6-7-11-30(27)38/h3-19,32,42H,1,20-22H2,2H3/b33-31+. The second-order valence-corrected chi connectivity index (χ2v) is 13.4. The number of benzene rings is 4. The Hall–Kier alpha value is -4.90. The fourth-order valence-corrected chi connectivity index (χ4v) is 7.31. The molecule has 1 saturated heterocycles. The van der Waals surface area contributed by atoms with Crippen LogP contribution in [0.4, 0.5) is 5.13 Å². The lowest BCUT2D eigenvalue weighted by Crippen LogP contribution is -2.29. The zero-order valence-electron chi connectivity index (χ0n) is 25.8. The third kappa shape index (κ3) is 7.16. The van der Waals surface area contributed by atoms with Crippen molar-refractivity contribution in [2.45, 2.75) is 29.7 Å². The Morgan fingerprint density at radius 2 is 1.60 bits per heavy atom. The molecule has 1 unspecified atom stereocenters. The molecule has 0 radical (unpaired) electrons. The van der Waals surface area contributed by atoms with Crippen molar-refractivity contribution in [1.29, 1.82) is 0 Å². The SMILES string of the molecule is C=CCOc1ccc(C2/C(=C(\O)c3ccc(OCc4ccccc4C)cc3)C(=O)C(=O)N2c2nnc(SCc3ccccc3Cl)s2)cc1. The van der Waals surface area contributed by atoms with Crippen LogP contribution in [0.5, 0.6) is 11.5 Å². The molecular weight excluding hydrogens is 666 g/mol. The topological polar surface area (TPSA) is 102 Å². The summed E-state index contributed by atoms with van der Waals surface area (Å²) in [5.74, 6) is -0.219. The number of Topliss-reactive ketones (excluding diaryl/α,β-unsaturated/α-hetero) is 1. The zero-order chi connectivity index (χ0) is 33.6. The van der Waals surface area contributed by atoms with Crippen LogP contribution < -0.4 is 14.4 Å². The van der Waals surface area contributed by atoms with Gasteiger partial charge in [-0.15, -0.1) is 10.2 Å². The molecule has 6 rings (SSSR count). The molecule has 11 heteroatoms. The molecule has 1 aliphatic rings. The molecule has 2 heterocycles. The number of hydrogen-bond acceptors (Lipinski definition) is 9. The van der Waals surface area contributed by atoms with E-state index in [1.165, 1.54) is 28.0 Å². The molecule has 4 aromatic carbocycles. The number of rotatable bonds is 12. The molecule has 0 spiro atoms. The molecular formula is C37H30ClN3O5S2. The highest BCUT2D eigenvalue weighted by Crippen LogP contribution is 2.44. The van der Waals surface area contributed by atoms with Crippen molar-refractivity contribution in [2.75, 3.05) is 11.5 Å². The van der Waals surface area contributed by atoms with Crippen LogP contribution in [0.2, 0.25) is 5.02 Å². The number of hydrogen-bond donors (Lipinski definition) is 1. The van der Waals surface area contributed by atoms with Crippen LogP contribution in [0.1, 0.15) is 33.9 Å². The van der Waals surface area contributed by atoms with Crippen LogP contribution in [0.3, 0.4) is 0 Å². The quantitative estimate of drug-likeness (QED) is 0.0346. The van der Waals surface area contributed by atoms with Crippen molar-refractivity contribution in [3.63, 3.8) is 0 Å². The van der Waals surface area contributed by atoms with Gasteiger partial charge >= 0.3 is 5.91 Å². The molecule has 0 bridgehead atoms. The maximum absolute atomic E-state index is 13.7. The van der Waals surface area contributed by atoms with Crippen molar-refractivity contribution in [3.8, 4) is 11.5 Å². The molecule has 1 aliphatic heterocycles. The van der Waals surface area contributed by atoms with Crippen molar-refractivity contribution in [3.05, 3.63) is 148 Å². The number of halogens is 1. The second-order valence-electron chi connectivity index (χ2n) is 10.8. The number of aromatic nitrogens is 2. The Labute approximate surface area is 291 Å². The molecule has 0 aliphatic carbocycles. The lowest BCUT2D eigenvalue weighted by atomic mass is 9.95. The van der Waals surface area contributed by atoms with Crippen LogP contribution in [0.15, 0.2) is 120 Å². The van der Waals surface area contributed by atoms with Crippen LogP contribution in [0.25, 0.3) is 5.76 Å². The number of aliphatic hydroxyl groups is 1. The van der Waals surface area contributed by atoms with Gasteiger partial charge in [0.05, 0.1) is 11.6 Å². The van der Waals surface area contributed by atoms with Gasteiger partial charge in [-0.05, 0) is 71.6 Å². The van der Waals surface area contributed by atoms with E-state index in [4.69, 9.17) is 21.1 Å². The summed E-state index contributed by atoms with van der Waals surface area (Å²) in [6.07, 6.45) is 1.64. The van der Waals surface area contributed by atoms with Gasteiger partial charge in [0.1, 0.15) is 30.5 Å². The van der Waals surface area contributed by atoms with E-state index in [1.54, 1.807) is 54.6 Å². The first-order valence-corrected chi connectivity index (χ1v) is 17.1. The highest BCUT2D eigenvalue weighted by atomic mass is 35.5. The summed E-state index contributed by atoms with van der Waals surface area (Å²) in [6, 6.07) is 28.3. The average Bonchev–Trinajstić information content (AvgIpc) is 3.68. The highest BCUT2D eigenvalue weighted by Gasteiger charge is 2.48. The minimum atomic E-state index is -0.968. The van der Waals surface area contributed by atoms with Gasteiger partial charge in [0, 0.05) is 16.3 Å². The number of anilines is 1. The fourth-order valence-electron chi connectivity index (χ4n) is 5.16. The molecule has 1 aromatic heterocycles. The Kier molecular flexibility index (Phi) is 10.2. The number of aliphatic hydroxyl groups excluding tert-OH is 1. The van der Waals surface area contributed by atoms with E-state index in [1.807, 2.05) is 55.5 Å². The molecule has 1 fully saturated rings. The normalized spacial score (nSPS) is 15.5. The van der Waals surface area contributed by atoms with Crippen molar-refractivity contribution in [2.24, 2.45) is 0 Å². The summed E-state index contributed by atoms with van der Waals surface area (Å²) in [6.45, 7) is 6.41. The largest absolute Gasteiger partial charge is 0.507 e. The number of thioether (sulfide) groups is 1. The molecule has 1 atom stereocenters. The van der Waals surface area contributed by atoms with E-state index in [-0.39, 0.29) is 16.5 Å². The minimum Gasteiger partial charge on any atom is -0.507 e. The fraction of sp³-hybridized carbons (Fsp3) is 0.135. The van der Waals surface area contributed by atoms with Gasteiger partial charge in [0.25, 0.3) is 5.78 Å². The lowest BCUT2D eigenvalue weighted by molar-refractivity contribution is -0.132. The summed E-state index contributed by atoms with van der Waals surface area (Å²) in [5, 5.41) is 21.1. The third-order valence-electron chi connectivity index (χ3n) is 7.70. The summed E-state index contributed by atoms with van der Waals surface area (Å²) >= 11 is 8.93. The van der Waals surface area contributed by atoms with Gasteiger partial charge in [0.2, 0.25) is 5.13 Å². The number of aryl methyl sites for hydroxylation is 1. The van der Waals surface area contributed by atoms with Crippen LogP contribution in [0, 0.1) is 6.92 Å². The molecule has 0 saturated carbocycles. The number of nitrogens with zero attached hydrogens (tertiary/aromatic N) is 3. The Morgan fingerprint density at radius 3 is 2.31 bits per heavy atom. The van der Waals surface area contributed by atoms with Gasteiger partial charge < -0.3 is 14.6 Å². The lowest BCUT2D eigenvalue weighted by Gasteiger charge is -2.22. The number of carbonyl (C=O) groups is 2. The number of amides is 1. The van der Waals surface area contributed by atoms with Crippen LogP contribution in [-0.2, 0) is 21.9 Å². The van der Waals surface area contributed by atoms with E-state index in [0.717, 1.165) is 16.7 Å². The molecule has 1 N–H and O–H groups in total. The number of carbonyl (C=O) groups excluding carboxylic acids is 2. The van der Waals surface area contributed by atoms with Crippen LogP contribution in [-0.4, -0.2) is 33.6 Å². The van der Waals surface area contributed by atoms with Crippen LogP contribution >= 0.6 is 34.7 Å². The summed E-state index contributed by atoms with van der Waals surface area (Å²) < 4.78 is 12.2. The van der Waals surface area contributed by atoms with Crippen molar-refractivity contribution >= 4 is 57.3 Å². The molecule has 242 valence electrons. The first-order chi connectivity index (χ1) is 23.3. The van der Waals surface area contributed by atoms with Gasteiger partial charge in [-0.1, -0.05) is 102 Å². The molecule has 8 nitrogen and oxygen atoms in total. The predicted molar refractivity (Wildman–Crippen MR) is 190 cm³/mol. The van der Waals surface area contributed by atoms with E-state index in [0.29, 0.717) is 51.0 Å². The summed E-state index contributed by atoms with van der Waals surface area (Å²) in [7, 11) is 0. The van der Waals surface area contributed by atoms with Gasteiger partial charge in [0.15, 0.2) is 4.34 Å². The second kappa shape index (κ2) is 14.9. The smallest absolute Gasteiger partial charge is 0.301 e. The monoisotopic (exact) mass is 695 g/mol. The maximum Gasteiger partial charge on any atom is 0.301 e. The van der Waals surface area contributed by atoms with E-state index in [2.05, 4.69) is 16.8 Å². The molecule has 48 heavy (non-hydrogen) atoms. The minimum absolute atomic E-state index is 0.0613. The van der Waals surface area contributed by atoms with Gasteiger partial charge in [-0.2, -0.15) is 0 Å². The Morgan fingerprint density at radius 1 is 0.938 bits per heavy atom. The molecule has 5 aromatic rings. The predicted octanol–water partition coefficient (Wildman–Crippen LogP) is 8.56. The first-order valence-electron chi connectivity index (χ1n) is 15.0. The first kappa shape index (κ1) is 33.0. The third-order valence-corrected chi connectivity index (χ3v) is 10.2.